The lowest BCUT2D eigenvalue weighted by atomic mass is 9.89. The number of carbonyl (C=O) groups is 1. The number of nitriles is 2. The Bertz CT molecular complexity index is 2020. The van der Waals surface area contributed by atoms with Crippen LogP contribution in [0.2, 0.25) is 0 Å². The predicted molar refractivity (Wildman–Crippen MR) is 164 cm³/mol. The summed E-state index contributed by atoms with van der Waals surface area (Å²) in [5, 5.41) is 25.4. The number of H-pyrrole nitrogens is 1. The number of nitrogens with zero attached hydrogens (tertiary/aromatic N) is 7. The minimum absolute atomic E-state index is 0. The highest BCUT2D eigenvalue weighted by atomic mass is 79.9. The van der Waals surface area contributed by atoms with Gasteiger partial charge in [0.2, 0.25) is 5.95 Å². The van der Waals surface area contributed by atoms with Crippen LogP contribution < -0.4 is 27.6 Å². The second-order valence-corrected chi connectivity index (χ2v) is 11.7. The third-order valence-corrected chi connectivity index (χ3v) is 8.08. The molecule has 1 aliphatic heterocycles. The number of hydrogen-bond donors (Lipinski definition) is 1. The normalized spacial score (nSPS) is 14.4. The van der Waals surface area contributed by atoms with Crippen LogP contribution in [0.5, 0.6) is 0 Å². The standard InChI is InChI=1S/C33H29F3N8O3.BrH/c1-20-28(30(45)47-4)29(43-31(40-41-32(43)46)42(20)26-7-5-6-24(15-26)33(34,35)36)27-11-9-21(16-37)14-23(27)12-13-44(2,3)19-22-8-10-25(17-38)39-18-22;/h5-11,14-15,18,29H,12-13,19H2,1-4H3;1H. The van der Waals surface area contributed by atoms with Gasteiger partial charge in [0.1, 0.15) is 24.3 Å². The van der Waals surface area contributed by atoms with Gasteiger partial charge in [-0.1, -0.05) is 12.1 Å². The number of hydrogen-bond acceptors (Lipinski definition) is 8. The minimum atomic E-state index is -4.64. The molecule has 11 nitrogen and oxygen atoms in total. The quantitative estimate of drug-likeness (QED) is 0.214. The molecule has 0 bridgehead atoms. The van der Waals surface area contributed by atoms with Gasteiger partial charge >= 0.3 is 17.8 Å². The van der Waals surface area contributed by atoms with E-state index in [4.69, 9.17) is 10.00 Å². The van der Waals surface area contributed by atoms with Crippen molar-refractivity contribution >= 4 is 17.6 Å². The zero-order chi connectivity index (χ0) is 34.1. The van der Waals surface area contributed by atoms with Crippen molar-refractivity contribution in [2.24, 2.45) is 0 Å². The number of halogens is 4. The zero-order valence-corrected chi connectivity index (χ0v) is 27.9. The number of fused-ring (bicyclic) bond motifs is 1. The Balaban J connectivity index is 0.00000520. The van der Waals surface area contributed by atoms with Crippen molar-refractivity contribution in [1.82, 2.24) is 19.7 Å². The molecule has 1 unspecified atom stereocenters. The van der Waals surface area contributed by atoms with Crippen LogP contribution in [0.15, 0.2) is 76.9 Å². The number of aromatic amines is 1. The first kappa shape index (κ1) is 35.6. The van der Waals surface area contributed by atoms with Crippen LogP contribution in [0, 0.1) is 22.7 Å². The molecule has 0 saturated carbocycles. The van der Waals surface area contributed by atoms with E-state index < -0.39 is 29.4 Å². The second-order valence-electron chi connectivity index (χ2n) is 11.7. The topological polar surface area (TPSA) is 141 Å². The number of carbonyl (C=O) groups excluding carboxylic acids is 1. The summed E-state index contributed by atoms with van der Waals surface area (Å²) in [5.74, 6) is -0.813. The van der Waals surface area contributed by atoms with Gasteiger partial charge in [0.05, 0.1) is 50.5 Å². The Morgan fingerprint density at radius 2 is 1.85 bits per heavy atom. The maximum Gasteiger partial charge on any atom is 0.416 e. The molecule has 1 atom stereocenters. The fraction of sp³-hybridized carbons (Fsp3) is 0.273. The van der Waals surface area contributed by atoms with Gasteiger partial charge in [0.25, 0.3) is 0 Å². The fourth-order valence-corrected chi connectivity index (χ4v) is 5.82. The number of pyridine rings is 1. The van der Waals surface area contributed by atoms with Crippen molar-refractivity contribution in [3.63, 3.8) is 0 Å². The van der Waals surface area contributed by atoms with E-state index in [9.17, 15) is 28.0 Å². The number of methoxy groups -OCH3 is 1. The van der Waals surface area contributed by atoms with Crippen molar-refractivity contribution in [3.8, 4) is 12.1 Å². The lowest BCUT2D eigenvalue weighted by Crippen LogP contribution is -3.00. The Hall–Kier alpha value is -5.25. The molecule has 2 aromatic carbocycles. The lowest BCUT2D eigenvalue weighted by Gasteiger charge is -2.36. The molecule has 0 amide bonds. The summed E-state index contributed by atoms with van der Waals surface area (Å²) in [4.78, 5) is 32.3. The molecule has 1 N–H and O–H groups in total. The molecule has 0 saturated heterocycles. The van der Waals surface area contributed by atoms with Gasteiger partial charge in [0, 0.05) is 29.6 Å². The number of benzene rings is 2. The van der Waals surface area contributed by atoms with Crippen molar-refractivity contribution in [2.45, 2.75) is 32.1 Å². The number of esters is 1. The average molecular weight is 724 g/mol. The molecular weight excluding hydrogens is 693 g/mol. The smallest absolute Gasteiger partial charge is 0.416 e. The Labute approximate surface area is 284 Å². The molecule has 0 radical (unpaired) electrons. The van der Waals surface area contributed by atoms with Crippen LogP contribution >= 0.6 is 0 Å². The van der Waals surface area contributed by atoms with Gasteiger partial charge in [0.15, 0.2) is 0 Å². The van der Waals surface area contributed by atoms with Crippen LogP contribution in [-0.4, -0.2) is 58.0 Å². The van der Waals surface area contributed by atoms with Crippen LogP contribution in [-0.2, 0) is 28.7 Å². The van der Waals surface area contributed by atoms with Crippen LogP contribution in [0.4, 0.5) is 24.8 Å². The first-order chi connectivity index (χ1) is 22.3. The molecule has 1 aliphatic rings. The molecule has 15 heteroatoms. The molecule has 0 aliphatic carbocycles. The van der Waals surface area contributed by atoms with Crippen molar-refractivity contribution in [2.75, 3.05) is 32.6 Å². The number of likely N-dealkylation sites (N-methyl/N-ethyl adjacent to an activating group) is 1. The van der Waals surface area contributed by atoms with E-state index in [2.05, 4.69) is 21.3 Å². The van der Waals surface area contributed by atoms with Gasteiger partial charge in [-0.25, -0.2) is 24.2 Å². The van der Waals surface area contributed by atoms with Crippen LogP contribution in [0.25, 0.3) is 0 Å². The number of anilines is 2. The van der Waals surface area contributed by atoms with E-state index in [1.54, 1.807) is 37.4 Å². The van der Waals surface area contributed by atoms with Crippen LogP contribution in [0.1, 0.15) is 46.5 Å². The first-order valence-corrected chi connectivity index (χ1v) is 14.4. The summed E-state index contributed by atoms with van der Waals surface area (Å²) in [6.07, 6.45) is -2.56. The monoisotopic (exact) mass is 722 g/mol. The second kappa shape index (κ2) is 13.9. The van der Waals surface area contributed by atoms with Gasteiger partial charge in [-0.2, -0.15) is 23.7 Å². The van der Waals surface area contributed by atoms with Crippen molar-refractivity contribution in [1.29, 1.82) is 10.5 Å². The van der Waals surface area contributed by atoms with E-state index in [0.717, 1.165) is 17.7 Å². The largest absolute Gasteiger partial charge is 1.00 e. The van der Waals surface area contributed by atoms with Gasteiger partial charge in [-0.15, -0.1) is 5.10 Å². The Kier molecular flexibility index (Phi) is 10.3. The molecule has 3 heterocycles. The molecule has 0 spiro atoms. The molecule has 4 aromatic rings. The summed E-state index contributed by atoms with van der Waals surface area (Å²) >= 11 is 0. The summed E-state index contributed by atoms with van der Waals surface area (Å²) in [6, 6.07) is 16.0. The van der Waals surface area contributed by atoms with Gasteiger partial charge in [-0.05, 0) is 60.5 Å². The molecule has 2 aromatic heterocycles. The average Bonchev–Trinajstić information content (AvgIpc) is 3.43. The Morgan fingerprint density at radius 3 is 2.48 bits per heavy atom. The molecular formula is C33H30BrF3N8O3. The van der Waals surface area contributed by atoms with Gasteiger partial charge in [-0.3, -0.25) is 4.90 Å². The molecule has 248 valence electrons. The summed E-state index contributed by atoms with van der Waals surface area (Å²) < 4.78 is 47.9. The van der Waals surface area contributed by atoms with E-state index in [0.29, 0.717) is 46.4 Å². The van der Waals surface area contributed by atoms with E-state index >= 15 is 0 Å². The Morgan fingerprint density at radius 1 is 1.10 bits per heavy atom. The van der Waals surface area contributed by atoms with E-state index in [-0.39, 0.29) is 39.9 Å². The number of ether oxygens (including phenoxy) is 1. The number of rotatable bonds is 8. The maximum absolute atomic E-state index is 13.7. The fourth-order valence-electron chi connectivity index (χ4n) is 5.82. The van der Waals surface area contributed by atoms with Gasteiger partial charge < -0.3 is 26.2 Å². The van der Waals surface area contributed by atoms with Crippen molar-refractivity contribution < 1.29 is 44.2 Å². The highest BCUT2D eigenvalue weighted by Crippen LogP contribution is 2.43. The predicted octanol–water partition coefficient (Wildman–Crippen LogP) is 1.74. The van der Waals surface area contributed by atoms with E-state index in [1.807, 2.05) is 26.2 Å². The van der Waals surface area contributed by atoms with E-state index in [1.165, 1.54) is 28.7 Å². The highest BCUT2D eigenvalue weighted by Gasteiger charge is 2.41. The molecule has 5 rings (SSSR count). The summed E-state index contributed by atoms with van der Waals surface area (Å²) in [5.41, 5.74) is 1.46. The SMILES string of the molecule is COC(=O)C1=C(C)N(c2cccc(C(F)(F)F)c2)c2n[nH]c(=O)n2C1c1ccc(C#N)cc1CC[N+](C)(C)Cc1ccc(C#N)nc1.[Br-]. The maximum atomic E-state index is 13.7. The third-order valence-electron chi connectivity index (χ3n) is 8.08. The number of allylic oxidation sites excluding steroid dienone is 1. The number of alkyl halides is 3. The lowest BCUT2D eigenvalue weighted by molar-refractivity contribution is -0.903. The third kappa shape index (κ3) is 7.02. The van der Waals surface area contributed by atoms with Crippen molar-refractivity contribution in [3.05, 3.63) is 116 Å². The zero-order valence-electron chi connectivity index (χ0n) is 26.3. The highest BCUT2D eigenvalue weighted by molar-refractivity contribution is 5.93. The first-order valence-electron chi connectivity index (χ1n) is 14.4. The molecule has 0 fully saturated rings. The number of aromatic nitrogens is 4. The van der Waals surface area contributed by atoms with Crippen LogP contribution in [0.3, 0.4) is 0 Å². The molecule has 48 heavy (non-hydrogen) atoms. The summed E-state index contributed by atoms with van der Waals surface area (Å²) in [6.45, 7) is 2.70. The summed E-state index contributed by atoms with van der Waals surface area (Å²) in [7, 11) is 5.21. The number of quaternary nitrogens is 1. The minimum Gasteiger partial charge on any atom is -1.00 e. The number of nitrogens with one attached hydrogen (secondary N) is 1.